The van der Waals surface area contributed by atoms with Crippen LogP contribution in [0.2, 0.25) is 10.0 Å². The molecule has 0 aromatic heterocycles. The number of phenols is 1. The predicted molar refractivity (Wildman–Crippen MR) is 152 cm³/mol. The monoisotopic (exact) mass is 514 g/mol. The van der Waals surface area contributed by atoms with Gasteiger partial charge in [-0.2, -0.15) is 0 Å². The quantitative estimate of drug-likeness (QED) is 0.257. The molecule has 188 valence electrons. The van der Waals surface area contributed by atoms with Gasteiger partial charge in [0.15, 0.2) is 5.43 Å². The number of fused-ring (bicyclic) bond motifs is 2. The molecule has 1 aliphatic carbocycles. The summed E-state index contributed by atoms with van der Waals surface area (Å²) in [7, 11) is 0. The maximum atomic E-state index is 12.9. The second-order valence-electron chi connectivity index (χ2n) is 8.34. The minimum absolute atomic E-state index is 0.0429. The molecule has 3 nitrogen and oxygen atoms in total. The Labute approximate surface area is 219 Å². The molecule has 1 heterocycles. The fraction of sp³-hybridized carbons (Fsp3) is 0.367. The normalized spacial score (nSPS) is 10.7. The van der Waals surface area contributed by atoms with E-state index < -0.39 is 0 Å². The fourth-order valence-corrected chi connectivity index (χ4v) is 4.96. The SMILES string of the molecule is CC.CC.Cc1c(Cl)ccc(Cl)c1-c1c2c(C)c(C)c(=O)c(C)c-2oc2c(C)c(O)c(C)c(C)c12. The third kappa shape index (κ3) is 4.45. The minimum Gasteiger partial charge on any atom is -0.507 e. The number of hydrogen-bond acceptors (Lipinski definition) is 3. The first-order chi connectivity index (χ1) is 16.5. The van der Waals surface area contributed by atoms with Crippen molar-refractivity contribution in [3.8, 4) is 28.2 Å². The van der Waals surface area contributed by atoms with Crippen LogP contribution in [0.15, 0.2) is 21.3 Å². The lowest BCUT2D eigenvalue weighted by Crippen LogP contribution is -2.15. The summed E-state index contributed by atoms with van der Waals surface area (Å²) in [5, 5.41) is 12.8. The molecule has 0 atom stereocenters. The number of rotatable bonds is 1. The highest BCUT2D eigenvalue weighted by Gasteiger charge is 2.29. The van der Waals surface area contributed by atoms with Gasteiger partial charge in [0, 0.05) is 48.8 Å². The minimum atomic E-state index is -0.0429. The molecule has 4 rings (SSSR count). The van der Waals surface area contributed by atoms with Gasteiger partial charge < -0.3 is 9.52 Å². The van der Waals surface area contributed by atoms with Crippen LogP contribution in [0.25, 0.3) is 33.4 Å². The largest absolute Gasteiger partial charge is 0.507 e. The van der Waals surface area contributed by atoms with Crippen LogP contribution in [0.5, 0.6) is 5.75 Å². The molecule has 35 heavy (non-hydrogen) atoms. The van der Waals surface area contributed by atoms with Crippen molar-refractivity contribution in [3.05, 3.63) is 71.3 Å². The molecule has 2 aliphatic rings. The summed E-state index contributed by atoms with van der Waals surface area (Å²) in [4.78, 5) is 12.9. The molecule has 0 radical (unpaired) electrons. The van der Waals surface area contributed by atoms with Crippen molar-refractivity contribution in [1.29, 1.82) is 0 Å². The Balaban J connectivity index is 0.00000103. The molecule has 1 N–H and O–H groups in total. The van der Waals surface area contributed by atoms with E-state index in [1.165, 1.54) is 0 Å². The molecule has 1 aliphatic heterocycles. The van der Waals surface area contributed by atoms with E-state index in [-0.39, 0.29) is 11.2 Å². The summed E-state index contributed by atoms with van der Waals surface area (Å²) in [6.07, 6.45) is 0. The van der Waals surface area contributed by atoms with Crippen LogP contribution in [-0.4, -0.2) is 5.11 Å². The van der Waals surface area contributed by atoms with Crippen molar-refractivity contribution in [1.82, 2.24) is 0 Å². The molecule has 0 bridgehead atoms. The maximum Gasteiger partial charge on any atom is 0.188 e. The second-order valence-corrected chi connectivity index (χ2v) is 9.16. The molecule has 0 fully saturated rings. The third-order valence-electron chi connectivity index (χ3n) is 6.70. The highest BCUT2D eigenvalue weighted by molar-refractivity contribution is 6.37. The van der Waals surface area contributed by atoms with Crippen molar-refractivity contribution in [2.24, 2.45) is 0 Å². The third-order valence-corrected chi connectivity index (χ3v) is 7.43. The number of aryl methyl sites for hydroxylation is 2. The predicted octanol–water partition coefficient (Wildman–Crippen LogP) is 9.79. The average molecular weight is 516 g/mol. The van der Waals surface area contributed by atoms with E-state index in [0.717, 1.165) is 44.3 Å². The summed E-state index contributed by atoms with van der Waals surface area (Å²) in [5.74, 6) is 0.702. The highest BCUT2D eigenvalue weighted by Crippen LogP contribution is 2.50. The lowest BCUT2D eigenvalue weighted by atomic mass is 9.83. The van der Waals surface area contributed by atoms with Crippen LogP contribution < -0.4 is 5.43 Å². The van der Waals surface area contributed by atoms with Gasteiger partial charge in [0.05, 0.1) is 0 Å². The zero-order valence-corrected chi connectivity index (χ0v) is 24.2. The molecule has 0 saturated heterocycles. The van der Waals surface area contributed by atoms with E-state index in [1.54, 1.807) is 19.1 Å². The first-order valence-corrected chi connectivity index (χ1v) is 12.9. The zero-order valence-electron chi connectivity index (χ0n) is 22.7. The summed E-state index contributed by atoms with van der Waals surface area (Å²) < 4.78 is 6.38. The maximum absolute atomic E-state index is 12.9. The van der Waals surface area contributed by atoms with Crippen LogP contribution in [-0.2, 0) is 0 Å². The van der Waals surface area contributed by atoms with Crippen molar-refractivity contribution < 1.29 is 9.52 Å². The van der Waals surface area contributed by atoms with Crippen LogP contribution in [0, 0.1) is 48.5 Å². The molecule has 0 saturated carbocycles. The van der Waals surface area contributed by atoms with Crippen LogP contribution in [0.3, 0.4) is 0 Å². The van der Waals surface area contributed by atoms with E-state index in [9.17, 15) is 9.90 Å². The molecule has 0 amide bonds. The summed E-state index contributed by atoms with van der Waals surface area (Å²) in [6, 6.07) is 3.58. The van der Waals surface area contributed by atoms with Gasteiger partial charge in [0.1, 0.15) is 17.1 Å². The van der Waals surface area contributed by atoms with Gasteiger partial charge >= 0.3 is 0 Å². The van der Waals surface area contributed by atoms with Crippen molar-refractivity contribution >= 4 is 34.2 Å². The number of phenolic OH excluding ortho intramolecular Hbond substituents is 1. The van der Waals surface area contributed by atoms with Gasteiger partial charge in [-0.25, -0.2) is 0 Å². The van der Waals surface area contributed by atoms with E-state index in [2.05, 4.69) is 0 Å². The molecular weight excluding hydrogens is 479 g/mol. The van der Waals surface area contributed by atoms with Gasteiger partial charge in [-0.15, -0.1) is 0 Å². The fourth-order valence-electron chi connectivity index (χ4n) is 4.51. The Morgan fingerprint density at radius 3 is 1.74 bits per heavy atom. The number of benzene rings is 3. The average Bonchev–Trinajstić information content (AvgIpc) is 2.87. The Morgan fingerprint density at radius 2 is 1.17 bits per heavy atom. The van der Waals surface area contributed by atoms with Gasteiger partial charge in [-0.05, 0) is 82.9 Å². The van der Waals surface area contributed by atoms with E-state index in [0.29, 0.717) is 38.1 Å². The van der Waals surface area contributed by atoms with Crippen molar-refractivity contribution in [2.75, 3.05) is 0 Å². The summed E-state index contributed by atoms with van der Waals surface area (Å²) >= 11 is 13.3. The summed E-state index contributed by atoms with van der Waals surface area (Å²) in [6.45, 7) is 21.2. The van der Waals surface area contributed by atoms with Crippen molar-refractivity contribution in [3.63, 3.8) is 0 Å². The Kier molecular flexibility index (Phi) is 9.08. The molecule has 0 unspecified atom stereocenters. The first-order valence-electron chi connectivity index (χ1n) is 12.1. The van der Waals surface area contributed by atoms with Crippen LogP contribution in [0.1, 0.15) is 66.6 Å². The van der Waals surface area contributed by atoms with Crippen LogP contribution >= 0.6 is 23.2 Å². The highest BCUT2D eigenvalue weighted by atomic mass is 35.5. The number of hydrogen-bond donors (Lipinski definition) is 1. The van der Waals surface area contributed by atoms with E-state index in [1.807, 2.05) is 69.2 Å². The molecule has 0 spiro atoms. The zero-order chi connectivity index (χ0) is 26.9. The van der Waals surface area contributed by atoms with Gasteiger partial charge in [-0.3, -0.25) is 4.79 Å². The number of halogens is 2. The van der Waals surface area contributed by atoms with Gasteiger partial charge in [0.2, 0.25) is 0 Å². The van der Waals surface area contributed by atoms with E-state index in [4.69, 9.17) is 27.6 Å². The lowest BCUT2D eigenvalue weighted by molar-refractivity contribution is 0.465. The first kappa shape index (κ1) is 28.7. The second kappa shape index (κ2) is 11.1. The van der Waals surface area contributed by atoms with Crippen LogP contribution in [0.4, 0.5) is 0 Å². The molecule has 2 aromatic carbocycles. The molecule has 2 aromatic rings. The Morgan fingerprint density at radius 1 is 0.629 bits per heavy atom. The lowest BCUT2D eigenvalue weighted by Gasteiger charge is -2.25. The Hall–Kier alpha value is -2.49. The van der Waals surface area contributed by atoms with Gasteiger partial charge in [0.25, 0.3) is 0 Å². The standard InChI is InChI=1S/C26H24Cl2O3.2C2H6/c1-10-12(3)23(29)15(6)25-20(10)22(19-14(5)17(27)8-9-18(19)28)21-11(2)13(4)24(30)16(7)26(21)31-25;2*1-2/h8-9,29H,1-7H3;2*1-2H3. The molecule has 5 heteroatoms. The Bertz CT molecular complexity index is 1450. The van der Waals surface area contributed by atoms with Gasteiger partial charge in [-0.1, -0.05) is 50.9 Å². The van der Waals surface area contributed by atoms with E-state index >= 15 is 0 Å². The topological polar surface area (TPSA) is 50.4 Å². The van der Waals surface area contributed by atoms with Crippen molar-refractivity contribution in [2.45, 2.75) is 76.2 Å². The smallest absolute Gasteiger partial charge is 0.188 e. The molecular formula is C30H36Cl2O3. The number of aromatic hydroxyl groups is 1. The summed E-state index contributed by atoms with van der Waals surface area (Å²) in [5.41, 5.74) is 8.28.